The van der Waals surface area contributed by atoms with Crippen LogP contribution in [0.4, 0.5) is 10.1 Å². The second-order valence-corrected chi connectivity index (χ2v) is 5.24. The molecule has 2 N–H and O–H groups in total. The van der Waals surface area contributed by atoms with Crippen molar-refractivity contribution in [2.45, 2.75) is 5.92 Å². The highest BCUT2D eigenvalue weighted by Gasteiger charge is 2.20. The molecular weight excluding hydrogens is 316 g/mol. The lowest BCUT2D eigenvalue weighted by atomic mass is 9.99. The number of rotatable bonds is 5. The predicted octanol–water partition coefficient (Wildman–Crippen LogP) is 4.41. The van der Waals surface area contributed by atoms with Crippen molar-refractivity contribution < 1.29 is 14.3 Å². The molecule has 0 aromatic heterocycles. The maximum Gasteiger partial charge on any atom is 0.312 e. The van der Waals surface area contributed by atoms with E-state index in [1.807, 2.05) is 6.07 Å². The molecule has 3 nitrogen and oxygen atoms in total. The van der Waals surface area contributed by atoms with E-state index in [-0.39, 0.29) is 16.6 Å². The first-order chi connectivity index (χ1) is 9.99. The fourth-order valence-electron chi connectivity index (χ4n) is 1.95. The predicted molar refractivity (Wildman–Crippen MR) is 81.7 cm³/mol. The smallest absolute Gasteiger partial charge is 0.312 e. The molecular formula is C15H12Cl2FNO2. The van der Waals surface area contributed by atoms with Crippen LogP contribution in [0.2, 0.25) is 10.0 Å². The van der Waals surface area contributed by atoms with Gasteiger partial charge in [0.15, 0.2) is 0 Å². The highest BCUT2D eigenvalue weighted by molar-refractivity contribution is 6.39. The minimum Gasteiger partial charge on any atom is -0.481 e. The Labute approximate surface area is 131 Å². The molecule has 0 fully saturated rings. The number of nitrogens with one attached hydrogen (secondary N) is 1. The molecule has 2 rings (SSSR count). The van der Waals surface area contributed by atoms with Crippen LogP contribution in [0.3, 0.4) is 0 Å². The zero-order chi connectivity index (χ0) is 15.4. The van der Waals surface area contributed by atoms with Crippen LogP contribution < -0.4 is 5.32 Å². The van der Waals surface area contributed by atoms with Gasteiger partial charge in [0.05, 0.1) is 21.7 Å². The van der Waals surface area contributed by atoms with Gasteiger partial charge in [-0.15, -0.1) is 0 Å². The molecule has 21 heavy (non-hydrogen) atoms. The van der Waals surface area contributed by atoms with Gasteiger partial charge in [0.25, 0.3) is 0 Å². The highest BCUT2D eigenvalue weighted by atomic mass is 35.5. The van der Waals surface area contributed by atoms with Crippen molar-refractivity contribution in [1.82, 2.24) is 0 Å². The molecule has 0 radical (unpaired) electrons. The lowest BCUT2D eigenvalue weighted by Crippen LogP contribution is -2.21. The third-order valence-corrected chi connectivity index (χ3v) is 3.59. The lowest BCUT2D eigenvalue weighted by molar-refractivity contribution is -0.138. The molecule has 2 aromatic carbocycles. The zero-order valence-corrected chi connectivity index (χ0v) is 12.3. The first-order valence-corrected chi connectivity index (χ1v) is 6.91. The summed E-state index contributed by atoms with van der Waals surface area (Å²) in [4.78, 5) is 11.4. The minimum absolute atomic E-state index is 0.0877. The second-order valence-electron chi connectivity index (χ2n) is 4.43. The fourth-order valence-corrected chi connectivity index (χ4v) is 2.54. The topological polar surface area (TPSA) is 49.3 Å². The first kappa shape index (κ1) is 15.6. The molecule has 0 aliphatic rings. The summed E-state index contributed by atoms with van der Waals surface area (Å²) in [7, 11) is 0. The van der Waals surface area contributed by atoms with Gasteiger partial charge in [0.2, 0.25) is 0 Å². The largest absolute Gasteiger partial charge is 0.481 e. The molecule has 0 saturated carbocycles. The first-order valence-electron chi connectivity index (χ1n) is 6.15. The Kier molecular flexibility index (Phi) is 5.04. The van der Waals surface area contributed by atoms with Crippen LogP contribution in [0.5, 0.6) is 0 Å². The number of carboxylic acid groups (broad SMARTS) is 1. The Morgan fingerprint density at radius 2 is 1.76 bits per heavy atom. The Morgan fingerprint density at radius 1 is 1.19 bits per heavy atom. The van der Waals surface area contributed by atoms with Gasteiger partial charge in [0.1, 0.15) is 5.82 Å². The molecule has 0 amide bonds. The quantitative estimate of drug-likeness (QED) is 0.855. The summed E-state index contributed by atoms with van der Waals surface area (Å²) in [5.74, 6) is -2.28. The number of hydrogen-bond acceptors (Lipinski definition) is 2. The van der Waals surface area contributed by atoms with E-state index in [9.17, 15) is 14.3 Å². The molecule has 0 bridgehead atoms. The van der Waals surface area contributed by atoms with E-state index in [0.717, 1.165) is 12.1 Å². The van der Waals surface area contributed by atoms with Gasteiger partial charge in [-0.3, -0.25) is 4.79 Å². The van der Waals surface area contributed by atoms with Crippen molar-refractivity contribution in [2.75, 3.05) is 11.9 Å². The van der Waals surface area contributed by atoms with Crippen LogP contribution in [0.15, 0.2) is 42.5 Å². The van der Waals surface area contributed by atoms with Gasteiger partial charge in [-0.05, 0) is 17.7 Å². The maximum absolute atomic E-state index is 13.1. The Balaban J connectivity index is 2.19. The molecule has 0 saturated heterocycles. The van der Waals surface area contributed by atoms with Crippen molar-refractivity contribution in [3.8, 4) is 0 Å². The number of carboxylic acids is 1. The number of halogens is 3. The molecule has 0 heterocycles. The molecule has 1 unspecified atom stereocenters. The van der Waals surface area contributed by atoms with Gasteiger partial charge in [-0.2, -0.15) is 0 Å². The van der Waals surface area contributed by atoms with E-state index < -0.39 is 17.7 Å². The molecule has 0 spiro atoms. The van der Waals surface area contributed by atoms with Crippen molar-refractivity contribution in [2.24, 2.45) is 0 Å². The van der Waals surface area contributed by atoms with E-state index in [0.29, 0.717) is 11.3 Å². The number of anilines is 1. The fraction of sp³-hybridized carbons (Fsp3) is 0.133. The average Bonchev–Trinajstić information content (AvgIpc) is 2.42. The van der Waals surface area contributed by atoms with Crippen LogP contribution in [-0.2, 0) is 4.79 Å². The van der Waals surface area contributed by atoms with Crippen LogP contribution in [-0.4, -0.2) is 17.6 Å². The van der Waals surface area contributed by atoms with Crippen molar-refractivity contribution in [1.29, 1.82) is 0 Å². The van der Waals surface area contributed by atoms with Crippen molar-refractivity contribution in [3.63, 3.8) is 0 Å². The van der Waals surface area contributed by atoms with E-state index in [1.165, 1.54) is 0 Å². The van der Waals surface area contributed by atoms with Crippen LogP contribution >= 0.6 is 23.2 Å². The summed E-state index contributed by atoms with van der Waals surface area (Å²) < 4.78 is 13.1. The molecule has 2 aromatic rings. The van der Waals surface area contributed by atoms with Crippen molar-refractivity contribution >= 4 is 34.9 Å². The molecule has 0 aliphatic carbocycles. The molecule has 6 heteroatoms. The van der Waals surface area contributed by atoms with Gasteiger partial charge in [-0.25, -0.2) is 4.39 Å². The Bertz CT molecular complexity index is 626. The van der Waals surface area contributed by atoms with Crippen LogP contribution in [0.1, 0.15) is 11.5 Å². The maximum atomic E-state index is 13.1. The average molecular weight is 328 g/mol. The third-order valence-electron chi connectivity index (χ3n) is 2.99. The number of aliphatic carboxylic acids is 1. The van der Waals surface area contributed by atoms with E-state index in [4.69, 9.17) is 23.2 Å². The molecule has 0 aliphatic heterocycles. The van der Waals surface area contributed by atoms with E-state index >= 15 is 0 Å². The summed E-state index contributed by atoms with van der Waals surface area (Å²) in [6.07, 6.45) is 0. The van der Waals surface area contributed by atoms with Crippen LogP contribution in [0, 0.1) is 5.82 Å². The van der Waals surface area contributed by atoms with Gasteiger partial charge < -0.3 is 10.4 Å². The van der Waals surface area contributed by atoms with Crippen LogP contribution in [0.25, 0.3) is 0 Å². The Hall–Kier alpha value is -1.78. The summed E-state index contributed by atoms with van der Waals surface area (Å²) in [6.45, 7) is 0.0877. The monoisotopic (exact) mass is 327 g/mol. The summed E-state index contributed by atoms with van der Waals surface area (Å²) in [5, 5.41) is 12.4. The minimum atomic E-state index is -0.969. The SMILES string of the molecule is O=C(O)C(CNc1c(Cl)cc(F)cc1Cl)c1ccccc1. The normalized spacial score (nSPS) is 12.0. The second kappa shape index (κ2) is 6.78. The number of hydrogen-bond donors (Lipinski definition) is 2. The third kappa shape index (κ3) is 3.86. The van der Waals surface area contributed by atoms with Gasteiger partial charge >= 0.3 is 5.97 Å². The summed E-state index contributed by atoms with van der Waals surface area (Å²) in [6, 6.07) is 11.0. The van der Waals surface area contributed by atoms with E-state index in [2.05, 4.69) is 5.32 Å². The molecule has 110 valence electrons. The van der Waals surface area contributed by atoms with Gasteiger partial charge in [-0.1, -0.05) is 53.5 Å². The number of benzene rings is 2. The van der Waals surface area contributed by atoms with Gasteiger partial charge in [0, 0.05) is 6.54 Å². The molecule has 1 atom stereocenters. The zero-order valence-electron chi connectivity index (χ0n) is 10.8. The summed E-state index contributed by atoms with van der Waals surface area (Å²) in [5.41, 5.74) is 0.980. The highest BCUT2D eigenvalue weighted by Crippen LogP contribution is 2.32. The van der Waals surface area contributed by atoms with E-state index in [1.54, 1.807) is 24.3 Å². The Morgan fingerprint density at radius 3 is 2.29 bits per heavy atom. The number of carbonyl (C=O) groups is 1. The summed E-state index contributed by atoms with van der Waals surface area (Å²) >= 11 is 11.8. The lowest BCUT2D eigenvalue weighted by Gasteiger charge is -2.16. The standard InChI is InChI=1S/C15H12Cl2FNO2/c16-12-6-10(18)7-13(17)14(12)19-8-11(15(20)21)9-4-2-1-3-5-9/h1-7,11,19H,8H2,(H,20,21). The van der Waals surface area contributed by atoms with Crippen molar-refractivity contribution in [3.05, 3.63) is 63.9 Å².